The number of hydrogen-bond donors (Lipinski definition) is 1. The highest BCUT2D eigenvalue weighted by molar-refractivity contribution is 6.31. The van der Waals surface area contributed by atoms with Crippen molar-refractivity contribution in [2.45, 2.75) is 19.9 Å². The van der Waals surface area contributed by atoms with E-state index >= 15 is 0 Å². The molecule has 2 aromatic carbocycles. The Morgan fingerprint density at radius 1 is 1.25 bits per heavy atom. The summed E-state index contributed by atoms with van der Waals surface area (Å²) in [5.41, 5.74) is 1.79. The quantitative estimate of drug-likeness (QED) is 0.833. The number of hydrogen-bond acceptors (Lipinski definition) is 2. The molecule has 0 aliphatic rings. The number of nitrogens with one attached hydrogen (secondary N) is 1. The van der Waals surface area contributed by atoms with Gasteiger partial charge in [-0.15, -0.1) is 0 Å². The van der Waals surface area contributed by atoms with Crippen LogP contribution >= 0.6 is 11.6 Å². The topological polar surface area (TPSA) is 21.3 Å². The molecule has 0 aliphatic carbocycles. The van der Waals surface area contributed by atoms with Crippen molar-refractivity contribution < 1.29 is 9.13 Å². The molecule has 2 nitrogen and oxygen atoms in total. The summed E-state index contributed by atoms with van der Waals surface area (Å²) in [4.78, 5) is 0. The van der Waals surface area contributed by atoms with Gasteiger partial charge in [0.25, 0.3) is 0 Å². The van der Waals surface area contributed by atoms with Gasteiger partial charge in [-0.3, -0.25) is 0 Å². The molecule has 0 aromatic heterocycles. The smallest absolute Gasteiger partial charge is 0.124 e. The highest BCUT2D eigenvalue weighted by atomic mass is 35.5. The summed E-state index contributed by atoms with van der Waals surface area (Å²) in [7, 11) is 0. The van der Waals surface area contributed by atoms with Gasteiger partial charge in [-0.25, -0.2) is 4.39 Å². The minimum absolute atomic E-state index is 0.0278. The molecule has 0 amide bonds. The maximum absolute atomic E-state index is 13.1. The van der Waals surface area contributed by atoms with Gasteiger partial charge < -0.3 is 10.1 Å². The van der Waals surface area contributed by atoms with E-state index in [0.29, 0.717) is 11.6 Å². The molecule has 0 fully saturated rings. The highest BCUT2D eigenvalue weighted by Crippen LogP contribution is 2.27. The molecule has 0 spiro atoms. The van der Waals surface area contributed by atoms with Crippen LogP contribution in [0.5, 0.6) is 5.75 Å². The predicted octanol–water partition coefficient (Wildman–Crippen LogP) is 5.05. The van der Waals surface area contributed by atoms with Crippen LogP contribution in [0.4, 0.5) is 10.1 Å². The van der Waals surface area contributed by atoms with Gasteiger partial charge in [0, 0.05) is 22.8 Å². The molecule has 4 heteroatoms. The van der Waals surface area contributed by atoms with E-state index in [0.717, 1.165) is 17.0 Å². The molecular formula is C16H17ClFNO. The van der Waals surface area contributed by atoms with Gasteiger partial charge >= 0.3 is 0 Å². The molecule has 0 saturated carbocycles. The standard InChI is InChI=1S/C16H17ClFNO/c1-3-20-14-6-4-5-13(10-14)19-11(2)15-8-7-12(18)9-16(15)17/h4-11,19H,3H2,1-2H3. The van der Waals surface area contributed by atoms with Crippen molar-refractivity contribution in [1.29, 1.82) is 0 Å². The van der Waals surface area contributed by atoms with Crippen LogP contribution in [0.3, 0.4) is 0 Å². The molecule has 0 saturated heterocycles. The fourth-order valence-corrected chi connectivity index (χ4v) is 2.35. The van der Waals surface area contributed by atoms with Crippen LogP contribution in [-0.2, 0) is 0 Å². The van der Waals surface area contributed by atoms with Crippen LogP contribution in [0.2, 0.25) is 5.02 Å². The molecule has 1 N–H and O–H groups in total. The van der Waals surface area contributed by atoms with E-state index in [1.54, 1.807) is 6.07 Å². The second kappa shape index (κ2) is 6.62. The first-order valence-electron chi connectivity index (χ1n) is 6.54. The summed E-state index contributed by atoms with van der Waals surface area (Å²) < 4.78 is 18.5. The maximum atomic E-state index is 13.1. The Hall–Kier alpha value is -1.74. The third-order valence-corrected chi connectivity index (χ3v) is 3.28. The van der Waals surface area contributed by atoms with E-state index in [9.17, 15) is 4.39 Å². The molecule has 106 valence electrons. The van der Waals surface area contributed by atoms with E-state index in [2.05, 4.69) is 5.32 Å². The normalized spacial score (nSPS) is 12.0. The summed E-state index contributed by atoms with van der Waals surface area (Å²) in [6.45, 7) is 4.55. The first kappa shape index (κ1) is 14.7. The molecule has 20 heavy (non-hydrogen) atoms. The van der Waals surface area contributed by atoms with Gasteiger partial charge in [0.05, 0.1) is 6.61 Å². The van der Waals surface area contributed by atoms with Gasteiger partial charge in [0.2, 0.25) is 0 Å². The monoisotopic (exact) mass is 293 g/mol. The summed E-state index contributed by atoms with van der Waals surface area (Å²) in [6.07, 6.45) is 0. The van der Waals surface area contributed by atoms with Crippen LogP contribution in [0.1, 0.15) is 25.5 Å². The minimum atomic E-state index is -0.329. The predicted molar refractivity (Wildman–Crippen MR) is 81.1 cm³/mol. The van der Waals surface area contributed by atoms with Crippen molar-refractivity contribution in [3.63, 3.8) is 0 Å². The van der Waals surface area contributed by atoms with Gasteiger partial charge in [0.15, 0.2) is 0 Å². The fourth-order valence-electron chi connectivity index (χ4n) is 2.02. The molecule has 0 radical (unpaired) electrons. The summed E-state index contributed by atoms with van der Waals surface area (Å²) in [5, 5.41) is 3.75. The SMILES string of the molecule is CCOc1cccc(NC(C)c2ccc(F)cc2Cl)c1. The maximum Gasteiger partial charge on any atom is 0.124 e. The van der Waals surface area contributed by atoms with E-state index in [1.165, 1.54) is 12.1 Å². The Balaban J connectivity index is 2.14. The van der Waals surface area contributed by atoms with Crippen molar-refractivity contribution in [3.05, 3.63) is 58.9 Å². The molecule has 1 atom stereocenters. The lowest BCUT2D eigenvalue weighted by atomic mass is 10.1. The highest BCUT2D eigenvalue weighted by Gasteiger charge is 2.10. The molecule has 2 aromatic rings. The third-order valence-electron chi connectivity index (χ3n) is 2.96. The van der Waals surface area contributed by atoms with Crippen molar-refractivity contribution in [2.75, 3.05) is 11.9 Å². The Kier molecular flexibility index (Phi) is 4.85. The zero-order chi connectivity index (χ0) is 14.5. The van der Waals surface area contributed by atoms with E-state index in [-0.39, 0.29) is 11.9 Å². The molecule has 2 rings (SSSR count). The average Bonchev–Trinajstić information content (AvgIpc) is 2.39. The largest absolute Gasteiger partial charge is 0.494 e. The Morgan fingerprint density at radius 3 is 2.75 bits per heavy atom. The van der Waals surface area contributed by atoms with Crippen LogP contribution in [0.15, 0.2) is 42.5 Å². The lowest BCUT2D eigenvalue weighted by molar-refractivity contribution is 0.340. The van der Waals surface area contributed by atoms with E-state index in [4.69, 9.17) is 16.3 Å². The molecule has 0 heterocycles. The van der Waals surface area contributed by atoms with Crippen LogP contribution in [-0.4, -0.2) is 6.61 Å². The van der Waals surface area contributed by atoms with Crippen molar-refractivity contribution in [1.82, 2.24) is 0 Å². The van der Waals surface area contributed by atoms with Crippen molar-refractivity contribution >= 4 is 17.3 Å². The molecular weight excluding hydrogens is 277 g/mol. The zero-order valence-electron chi connectivity index (χ0n) is 11.5. The van der Waals surface area contributed by atoms with Gasteiger partial charge in [-0.2, -0.15) is 0 Å². The van der Waals surface area contributed by atoms with E-state index in [1.807, 2.05) is 38.1 Å². The summed E-state index contributed by atoms with van der Waals surface area (Å²) in [5.74, 6) is 0.485. The first-order chi connectivity index (χ1) is 9.60. The molecule has 0 aliphatic heterocycles. The Bertz CT molecular complexity index is 588. The molecule has 1 unspecified atom stereocenters. The average molecular weight is 294 g/mol. The van der Waals surface area contributed by atoms with E-state index < -0.39 is 0 Å². The second-order valence-corrected chi connectivity index (χ2v) is 4.90. The first-order valence-corrected chi connectivity index (χ1v) is 6.92. The fraction of sp³-hybridized carbons (Fsp3) is 0.250. The van der Waals surface area contributed by atoms with Crippen LogP contribution in [0.25, 0.3) is 0 Å². The minimum Gasteiger partial charge on any atom is -0.494 e. The number of ether oxygens (including phenoxy) is 1. The number of anilines is 1. The van der Waals surface area contributed by atoms with Gasteiger partial charge in [-0.05, 0) is 43.7 Å². The zero-order valence-corrected chi connectivity index (χ0v) is 12.2. The Morgan fingerprint density at radius 2 is 2.05 bits per heavy atom. The molecule has 0 bridgehead atoms. The van der Waals surface area contributed by atoms with Gasteiger partial charge in [-0.1, -0.05) is 23.7 Å². The number of benzene rings is 2. The van der Waals surface area contributed by atoms with Crippen LogP contribution < -0.4 is 10.1 Å². The third kappa shape index (κ3) is 3.64. The van der Waals surface area contributed by atoms with Crippen LogP contribution in [0, 0.1) is 5.82 Å². The van der Waals surface area contributed by atoms with Gasteiger partial charge in [0.1, 0.15) is 11.6 Å². The Labute approximate surface area is 123 Å². The lowest BCUT2D eigenvalue weighted by Gasteiger charge is -2.17. The number of halogens is 2. The second-order valence-electron chi connectivity index (χ2n) is 4.49. The summed E-state index contributed by atoms with van der Waals surface area (Å²) in [6, 6.07) is 12.1. The lowest BCUT2D eigenvalue weighted by Crippen LogP contribution is -2.07. The number of rotatable bonds is 5. The van der Waals surface area contributed by atoms with Crippen molar-refractivity contribution in [3.8, 4) is 5.75 Å². The summed E-state index contributed by atoms with van der Waals surface area (Å²) >= 11 is 6.07. The van der Waals surface area contributed by atoms with Crippen molar-refractivity contribution in [2.24, 2.45) is 0 Å².